The van der Waals surface area contributed by atoms with Crippen molar-refractivity contribution in [1.82, 2.24) is 10.2 Å². The van der Waals surface area contributed by atoms with Crippen molar-refractivity contribution >= 4 is 23.4 Å². The predicted molar refractivity (Wildman–Crippen MR) is 125 cm³/mol. The zero-order chi connectivity index (χ0) is 22.6. The van der Waals surface area contributed by atoms with E-state index in [0.717, 1.165) is 17.5 Å². The summed E-state index contributed by atoms with van der Waals surface area (Å²) >= 11 is 6.01. The molecule has 0 bridgehead atoms. The molecule has 5 nitrogen and oxygen atoms in total. The van der Waals surface area contributed by atoms with Crippen molar-refractivity contribution in [3.8, 4) is 0 Å². The summed E-state index contributed by atoms with van der Waals surface area (Å²) in [4.78, 5) is 27.7. The van der Waals surface area contributed by atoms with Gasteiger partial charge in [-0.25, -0.2) is 0 Å². The van der Waals surface area contributed by atoms with Crippen molar-refractivity contribution < 1.29 is 14.3 Å². The molecule has 6 heteroatoms. The van der Waals surface area contributed by atoms with Crippen LogP contribution in [-0.2, 0) is 27.3 Å². The molecule has 0 aromatic heterocycles. The Morgan fingerprint density at radius 2 is 1.71 bits per heavy atom. The average Bonchev–Trinajstić information content (AvgIpc) is 2.77. The third-order valence-corrected chi connectivity index (χ3v) is 5.16. The van der Waals surface area contributed by atoms with Gasteiger partial charge in [-0.3, -0.25) is 9.59 Å². The van der Waals surface area contributed by atoms with Crippen LogP contribution in [0, 0.1) is 0 Å². The van der Waals surface area contributed by atoms with Gasteiger partial charge in [0.25, 0.3) is 0 Å². The van der Waals surface area contributed by atoms with Gasteiger partial charge in [-0.1, -0.05) is 61.0 Å². The average molecular weight is 445 g/mol. The van der Waals surface area contributed by atoms with Gasteiger partial charge in [-0.15, -0.1) is 0 Å². The third kappa shape index (κ3) is 8.72. The first-order chi connectivity index (χ1) is 14.9. The fourth-order valence-electron chi connectivity index (χ4n) is 3.26. The molecule has 2 rings (SSSR count). The van der Waals surface area contributed by atoms with E-state index in [1.165, 1.54) is 0 Å². The van der Waals surface area contributed by atoms with Gasteiger partial charge >= 0.3 is 0 Å². The normalized spacial score (nSPS) is 11.9. The number of nitrogens with zero attached hydrogens (tertiary/aromatic N) is 1. The van der Waals surface area contributed by atoms with E-state index >= 15 is 0 Å². The Kier molecular flexibility index (Phi) is 10.5. The van der Waals surface area contributed by atoms with Gasteiger partial charge in [0, 0.05) is 37.6 Å². The largest absolute Gasteiger partial charge is 0.379 e. The molecule has 1 N–H and O–H groups in total. The van der Waals surface area contributed by atoms with Gasteiger partial charge in [0.1, 0.15) is 6.04 Å². The number of rotatable bonds is 12. The molecule has 0 aliphatic rings. The number of halogens is 1. The van der Waals surface area contributed by atoms with Crippen molar-refractivity contribution in [3.05, 3.63) is 70.7 Å². The quantitative estimate of drug-likeness (QED) is 0.486. The van der Waals surface area contributed by atoms with Crippen LogP contribution in [0.25, 0.3) is 0 Å². The Morgan fingerprint density at radius 3 is 2.32 bits per heavy atom. The smallest absolute Gasteiger partial charge is 0.243 e. The summed E-state index contributed by atoms with van der Waals surface area (Å²) in [6.07, 6.45) is 1.67. The Balaban J connectivity index is 2.18. The first-order valence-corrected chi connectivity index (χ1v) is 11.3. The molecular formula is C25H33ClN2O3. The van der Waals surface area contributed by atoms with Crippen molar-refractivity contribution in [2.24, 2.45) is 0 Å². The Labute approximate surface area is 190 Å². The van der Waals surface area contributed by atoms with Crippen molar-refractivity contribution in [3.63, 3.8) is 0 Å². The lowest BCUT2D eigenvalue weighted by Crippen LogP contribution is -2.50. The second-order valence-corrected chi connectivity index (χ2v) is 8.21. The fraction of sp³-hybridized carbons (Fsp3) is 0.440. The molecule has 0 heterocycles. The van der Waals surface area contributed by atoms with Crippen LogP contribution in [0.4, 0.5) is 0 Å². The van der Waals surface area contributed by atoms with Gasteiger partial charge in [0.2, 0.25) is 11.8 Å². The maximum atomic E-state index is 13.2. The molecule has 1 atom stereocenters. The van der Waals surface area contributed by atoms with E-state index in [0.29, 0.717) is 37.6 Å². The molecule has 2 aromatic rings. The number of nitrogens with one attached hydrogen (secondary N) is 1. The number of ether oxygens (including phenoxy) is 1. The number of hydrogen-bond donors (Lipinski definition) is 1. The highest BCUT2D eigenvalue weighted by Gasteiger charge is 2.29. The molecule has 2 amide bonds. The Bertz CT molecular complexity index is 809. The molecule has 0 radical (unpaired) electrons. The SMILES string of the molecule is CCC(=O)N(Cc1ccc(Cl)cc1)[C@H](Cc1ccccc1)C(=O)NCCCOC(C)C. The highest BCUT2D eigenvalue weighted by atomic mass is 35.5. The van der Waals surface area contributed by atoms with Crippen molar-refractivity contribution in [2.45, 2.75) is 58.7 Å². The van der Waals surface area contributed by atoms with Gasteiger partial charge in [-0.05, 0) is 43.5 Å². The summed E-state index contributed by atoms with van der Waals surface area (Å²) in [6.45, 7) is 7.23. The number of amides is 2. The van der Waals surface area contributed by atoms with Gasteiger partial charge in [0.15, 0.2) is 0 Å². The van der Waals surface area contributed by atoms with Crippen LogP contribution in [0.1, 0.15) is 44.7 Å². The second kappa shape index (κ2) is 13.1. The van der Waals surface area contributed by atoms with Crippen molar-refractivity contribution in [2.75, 3.05) is 13.2 Å². The molecule has 2 aromatic carbocycles. The summed E-state index contributed by atoms with van der Waals surface area (Å²) < 4.78 is 5.54. The van der Waals surface area contributed by atoms with Gasteiger partial charge in [0.05, 0.1) is 6.10 Å². The third-order valence-electron chi connectivity index (χ3n) is 4.91. The summed E-state index contributed by atoms with van der Waals surface area (Å²) in [6, 6.07) is 16.6. The van der Waals surface area contributed by atoms with Crippen LogP contribution >= 0.6 is 11.6 Å². The maximum absolute atomic E-state index is 13.2. The second-order valence-electron chi connectivity index (χ2n) is 7.77. The minimum Gasteiger partial charge on any atom is -0.379 e. The first kappa shape index (κ1) is 24.9. The topological polar surface area (TPSA) is 58.6 Å². The van der Waals surface area contributed by atoms with Crippen LogP contribution in [-0.4, -0.2) is 42.0 Å². The highest BCUT2D eigenvalue weighted by Crippen LogP contribution is 2.17. The van der Waals surface area contributed by atoms with E-state index in [9.17, 15) is 9.59 Å². The van der Waals surface area contributed by atoms with Crippen LogP contribution in [0.3, 0.4) is 0 Å². The summed E-state index contributed by atoms with van der Waals surface area (Å²) in [5.74, 6) is -0.210. The highest BCUT2D eigenvalue weighted by molar-refractivity contribution is 6.30. The standard InChI is InChI=1S/C25H33ClN2O3/c1-4-24(29)28(18-21-11-13-22(26)14-12-21)23(17-20-9-6-5-7-10-20)25(30)27-15-8-16-31-19(2)3/h5-7,9-14,19,23H,4,8,15-18H2,1-3H3,(H,27,30)/t23-/m1/s1. The van der Waals surface area contributed by atoms with E-state index in [1.807, 2.05) is 63.2 Å². The minimum absolute atomic E-state index is 0.0610. The predicted octanol–water partition coefficient (Wildman–Crippen LogP) is 4.62. The maximum Gasteiger partial charge on any atom is 0.243 e. The lowest BCUT2D eigenvalue weighted by atomic mass is 10.0. The van der Waals surface area contributed by atoms with Crippen LogP contribution in [0.5, 0.6) is 0 Å². The molecular weight excluding hydrogens is 412 g/mol. The summed E-state index contributed by atoms with van der Waals surface area (Å²) in [7, 11) is 0. The van der Waals surface area contributed by atoms with Crippen molar-refractivity contribution in [1.29, 1.82) is 0 Å². The Hall–Kier alpha value is -2.37. The lowest BCUT2D eigenvalue weighted by molar-refractivity contribution is -0.141. The van der Waals surface area contributed by atoms with E-state index in [-0.39, 0.29) is 17.9 Å². The fourth-order valence-corrected chi connectivity index (χ4v) is 3.39. The van der Waals surface area contributed by atoms with Crippen LogP contribution < -0.4 is 5.32 Å². The number of hydrogen-bond acceptors (Lipinski definition) is 3. The summed E-state index contributed by atoms with van der Waals surface area (Å²) in [5.41, 5.74) is 1.94. The van der Waals surface area contributed by atoms with Crippen LogP contribution in [0.2, 0.25) is 5.02 Å². The zero-order valence-corrected chi connectivity index (χ0v) is 19.4. The molecule has 0 aliphatic carbocycles. The number of benzene rings is 2. The van der Waals surface area contributed by atoms with E-state index in [1.54, 1.807) is 17.0 Å². The minimum atomic E-state index is -0.600. The van der Waals surface area contributed by atoms with Gasteiger partial charge < -0.3 is 15.0 Å². The van der Waals surface area contributed by atoms with Gasteiger partial charge in [-0.2, -0.15) is 0 Å². The lowest BCUT2D eigenvalue weighted by Gasteiger charge is -2.31. The van der Waals surface area contributed by atoms with E-state index in [4.69, 9.17) is 16.3 Å². The Morgan fingerprint density at radius 1 is 1.03 bits per heavy atom. The molecule has 0 saturated heterocycles. The summed E-state index contributed by atoms with van der Waals surface area (Å²) in [5, 5.41) is 3.64. The van der Waals surface area contributed by atoms with E-state index < -0.39 is 6.04 Å². The molecule has 0 unspecified atom stereocenters. The van der Waals surface area contributed by atoms with Crippen LogP contribution in [0.15, 0.2) is 54.6 Å². The molecule has 31 heavy (non-hydrogen) atoms. The molecule has 0 aliphatic heterocycles. The first-order valence-electron chi connectivity index (χ1n) is 10.9. The monoisotopic (exact) mass is 444 g/mol. The molecule has 0 spiro atoms. The zero-order valence-electron chi connectivity index (χ0n) is 18.6. The number of carbonyl (C=O) groups excluding carboxylic acids is 2. The number of carbonyl (C=O) groups is 2. The molecule has 0 fully saturated rings. The molecule has 0 saturated carbocycles. The molecule has 168 valence electrons. The van der Waals surface area contributed by atoms with E-state index in [2.05, 4.69) is 5.32 Å².